The molecule has 1 unspecified atom stereocenters. The Balaban J connectivity index is 2.00. The molecule has 3 rings (SSSR count). The molecule has 0 aliphatic rings. The number of nitrogens with zero attached hydrogens (tertiary/aromatic N) is 4. The van der Waals surface area contributed by atoms with Crippen molar-refractivity contribution in [1.82, 2.24) is 24.9 Å². The molecule has 3 aromatic rings. The van der Waals surface area contributed by atoms with E-state index in [2.05, 4.69) is 20.4 Å². The Hall–Kier alpha value is -2.76. The van der Waals surface area contributed by atoms with Gasteiger partial charge in [-0.15, -0.1) is 0 Å². The molecule has 6 nitrogen and oxygen atoms in total. The number of fused-ring (bicyclic) bond motifs is 1. The summed E-state index contributed by atoms with van der Waals surface area (Å²) < 4.78 is 1.66. The molecule has 0 radical (unpaired) electrons. The second-order valence-corrected chi connectivity index (χ2v) is 5.16. The molecule has 6 heteroatoms. The SMILES string of the molecule is CCC(C)NC(=O)c1ccn2ncc(-c3cccnc3)c2n1. The van der Waals surface area contributed by atoms with Gasteiger partial charge in [-0.1, -0.05) is 13.0 Å². The molecule has 0 spiro atoms. The molecule has 0 saturated carbocycles. The summed E-state index contributed by atoms with van der Waals surface area (Å²) in [6.07, 6.45) is 7.82. The second kappa shape index (κ2) is 5.93. The number of carbonyl (C=O) groups is 1. The normalized spacial score (nSPS) is 12.3. The van der Waals surface area contributed by atoms with Crippen molar-refractivity contribution in [3.05, 3.63) is 48.7 Å². The van der Waals surface area contributed by atoms with Gasteiger partial charge in [0, 0.05) is 35.8 Å². The highest BCUT2D eigenvalue weighted by Crippen LogP contribution is 2.22. The van der Waals surface area contributed by atoms with E-state index in [1.807, 2.05) is 26.0 Å². The molecule has 0 bridgehead atoms. The molecule has 0 aromatic carbocycles. The number of rotatable bonds is 4. The van der Waals surface area contributed by atoms with Crippen LogP contribution in [-0.4, -0.2) is 31.5 Å². The highest BCUT2D eigenvalue weighted by atomic mass is 16.1. The van der Waals surface area contributed by atoms with Crippen LogP contribution in [0.5, 0.6) is 0 Å². The zero-order chi connectivity index (χ0) is 15.5. The fourth-order valence-electron chi connectivity index (χ4n) is 2.12. The molecule has 0 aliphatic heterocycles. The molecule has 0 aliphatic carbocycles. The fourth-order valence-corrected chi connectivity index (χ4v) is 2.12. The lowest BCUT2D eigenvalue weighted by Gasteiger charge is -2.10. The van der Waals surface area contributed by atoms with E-state index in [4.69, 9.17) is 0 Å². The number of carbonyl (C=O) groups excluding carboxylic acids is 1. The number of hydrogen-bond acceptors (Lipinski definition) is 4. The van der Waals surface area contributed by atoms with Crippen molar-refractivity contribution in [1.29, 1.82) is 0 Å². The first-order valence-corrected chi connectivity index (χ1v) is 7.24. The monoisotopic (exact) mass is 295 g/mol. The highest BCUT2D eigenvalue weighted by Gasteiger charge is 2.14. The van der Waals surface area contributed by atoms with Crippen LogP contribution in [0.15, 0.2) is 43.0 Å². The number of hydrogen-bond donors (Lipinski definition) is 1. The Kier molecular flexibility index (Phi) is 3.82. The Labute approximate surface area is 128 Å². The van der Waals surface area contributed by atoms with Crippen LogP contribution >= 0.6 is 0 Å². The first kappa shape index (κ1) is 14.2. The predicted molar refractivity (Wildman–Crippen MR) is 83.4 cm³/mol. The topological polar surface area (TPSA) is 72.2 Å². The zero-order valence-corrected chi connectivity index (χ0v) is 12.5. The van der Waals surface area contributed by atoms with Crippen molar-refractivity contribution in [3.8, 4) is 11.1 Å². The lowest BCUT2D eigenvalue weighted by atomic mass is 10.1. The summed E-state index contributed by atoms with van der Waals surface area (Å²) in [6, 6.07) is 5.59. The number of nitrogens with one attached hydrogen (secondary N) is 1. The molecular formula is C16H17N5O. The minimum Gasteiger partial charge on any atom is -0.348 e. The van der Waals surface area contributed by atoms with Crippen molar-refractivity contribution in [3.63, 3.8) is 0 Å². The van der Waals surface area contributed by atoms with Gasteiger partial charge in [0.1, 0.15) is 5.69 Å². The Morgan fingerprint density at radius 2 is 2.23 bits per heavy atom. The third kappa shape index (κ3) is 2.67. The van der Waals surface area contributed by atoms with Gasteiger partial charge in [0.2, 0.25) is 0 Å². The number of aromatic nitrogens is 4. The van der Waals surface area contributed by atoms with E-state index in [1.165, 1.54) is 0 Å². The van der Waals surface area contributed by atoms with Gasteiger partial charge in [-0.25, -0.2) is 9.50 Å². The van der Waals surface area contributed by atoms with E-state index in [0.717, 1.165) is 17.5 Å². The Morgan fingerprint density at radius 3 is 2.95 bits per heavy atom. The van der Waals surface area contributed by atoms with Crippen LogP contribution < -0.4 is 5.32 Å². The average Bonchev–Trinajstić information content (AvgIpc) is 2.98. The zero-order valence-electron chi connectivity index (χ0n) is 12.5. The summed E-state index contributed by atoms with van der Waals surface area (Å²) in [5, 5.41) is 7.19. The number of pyridine rings is 1. The van der Waals surface area contributed by atoms with Gasteiger partial charge >= 0.3 is 0 Å². The van der Waals surface area contributed by atoms with E-state index < -0.39 is 0 Å². The Morgan fingerprint density at radius 1 is 1.36 bits per heavy atom. The van der Waals surface area contributed by atoms with Crippen LogP contribution in [0.2, 0.25) is 0 Å². The summed E-state index contributed by atoms with van der Waals surface area (Å²) in [5.74, 6) is -0.171. The maximum Gasteiger partial charge on any atom is 0.270 e. The van der Waals surface area contributed by atoms with E-state index in [-0.39, 0.29) is 11.9 Å². The van der Waals surface area contributed by atoms with Crippen LogP contribution in [0.4, 0.5) is 0 Å². The van der Waals surface area contributed by atoms with E-state index >= 15 is 0 Å². The largest absolute Gasteiger partial charge is 0.348 e. The van der Waals surface area contributed by atoms with Crippen molar-refractivity contribution in [2.24, 2.45) is 0 Å². The maximum absolute atomic E-state index is 12.2. The predicted octanol–water partition coefficient (Wildman–Crippen LogP) is 2.32. The van der Waals surface area contributed by atoms with Gasteiger partial charge in [-0.2, -0.15) is 5.10 Å². The average molecular weight is 295 g/mol. The fraction of sp³-hybridized carbons (Fsp3) is 0.250. The van der Waals surface area contributed by atoms with Crippen molar-refractivity contribution >= 4 is 11.6 Å². The van der Waals surface area contributed by atoms with E-state index in [1.54, 1.807) is 35.4 Å². The standard InChI is InChI=1S/C16H17N5O/c1-3-11(2)19-16(22)14-6-8-21-15(20-14)13(10-18-21)12-5-4-7-17-9-12/h4-11H,3H2,1-2H3,(H,19,22). The summed E-state index contributed by atoms with van der Waals surface area (Å²) >= 11 is 0. The van der Waals surface area contributed by atoms with Gasteiger partial charge in [0.05, 0.1) is 6.20 Å². The van der Waals surface area contributed by atoms with Crippen molar-refractivity contribution in [2.45, 2.75) is 26.3 Å². The number of amides is 1. The smallest absolute Gasteiger partial charge is 0.270 e. The van der Waals surface area contributed by atoms with Crippen LogP contribution in [0.3, 0.4) is 0 Å². The maximum atomic E-state index is 12.2. The third-order valence-electron chi connectivity index (χ3n) is 3.56. The van der Waals surface area contributed by atoms with Gasteiger partial charge < -0.3 is 5.32 Å². The van der Waals surface area contributed by atoms with Gasteiger partial charge in [0.15, 0.2) is 5.65 Å². The van der Waals surface area contributed by atoms with Crippen LogP contribution in [0.25, 0.3) is 16.8 Å². The van der Waals surface area contributed by atoms with E-state index in [9.17, 15) is 4.79 Å². The summed E-state index contributed by atoms with van der Waals surface area (Å²) in [7, 11) is 0. The summed E-state index contributed by atoms with van der Waals surface area (Å²) in [4.78, 5) is 20.8. The third-order valence-corrected chi connectivity index (χ3v) is 3.56. The molecule has 0 fully saturated rings. The first-order valence-electron chi connectivity index (χ1n) is 7.24. The molecule has 112 valence electrons. The van der Waals surface area contributed by atoms with Gasteiger partial charge in [-0.3, -0.25) is 9.78 Å². The first-order chi connectivity index (χ1) is 10.7. The molecule has 3 heterocycles. The minimum atomic E-state index is -0.171. The lowest BCUT2D eigenvalue weighted by Crippen LogP contribution is -2.32. The van der Waals surface area contributed by atoms with Crippen LogP contribution in [0, 0.1) is 0 Å². The van der Waals surface area contributed by atoms with Crippen molar-refractivity contribution in [2.75, 3.05) is 0 Å². The molecule has 1 atom stereocenters. The van der Waals surface area contributed by atoms with Crippen LogP contribution in [-0.2, 0) is 0 Å². The van der Waals surface area contributed by atoms with Gasteiger partial charge in [0.25, 0.3) is 5.91 Å². The second-order valence-electron chi connectivity index (χ2n) is 5.16. The van der Waals surface area contributed by atoms with Gasteiger partial charge in [-0.05, 0) is 25.5 Å². The summed E-state index contributed by atoms with van der Waals surface area (Å²) in [6.45, 7) is 4.00. The molecule has 22 heavy (non-hydrogen) atoms. The molecule has 0 saturated heterocycles. The molecule has 3 aromatic heterocycles. The van der Waals surface area contributed by atoms with Crippen LogP contribution in [0.1, 0.15) is 30.8 Å². The van der Waals surface area contributed by atoms with E-state index in [0.29, 0.717) is 11.3 Å². The van der Waals surface area contributed by atoms with Crippen molar-refractivity contribution < 1.29 is 4.79 Å². The molecule has 1 N–H and O–H groups in total. The summed E-state index contributed by atoms with van der Waals surface area (Å²) in [5.41, 5.74) is 2.80. The minimum absolute atomic E-state index is 0.119. The Bertz CT molecular complexity index is 797. The molecule has 1 amide bonds. The molecular weight excluding hydrogens is 278 g/mol. The quantitative estimate of drug-likeness (QED) is 0.801. The lowest BCUT2D eigenvalue weighted by molar-refractivity contribution is 0.0934. The highest BCUT2D eigenvalue weighted by molar-refractivity contribution is 5.93.